The molecule has 0 atom stereocenters. The predicted molar refractivity (Wildman–Crippen MR) is 120 cm³/mol. The van der Waals surface area contributed by atoms with E-state index in [4.69, 9.17) is 0 Å². The zero-order valence-electron chi connectivity index (χ0n) is 15.9. The van der Waals surface area contributed by atoms with Crippen LogP contribution >= 0.6 is 0 Å². The Balaban J connectivity index is 1.72. The van der Waals surface area contributed by atoms with Gasteiger partial charge in [-0.25, -0.2) is 0 Å². The number of rotatable bonds is 4. The molecule has 1 N–H and O–H groups in total. The van der Waals surface area contributed by atoms with E-state index in [1.807, 2.05) is 0 Å². The molecule has 0 radical (unpaired) electrons. The van der Waals surface area contributed by atoms with Crippen molar-refractivity contribution < 1.29 is 0 Å². The molecule has 1 aromatic heterocycles. The van der Waals surface area contributed by atoms with Gasteiger partial charge in [-0.05, 0) is 48.4 Å². The second-order valence-corrected chi connectivity index (χ2v) is 7.06. The molecule has 0 aliphatic rings. The highest BCUT2D eigenvalue weighted by molar-refractivity contribution is 6.10. The van der Waals surface area contributed by atoms with Crippen LogP contribution in [0, 0.1) is 0 Å². The van der Waals surface area contributed by atoms with Gasteiger partial charge in [0, 0.05) is 27.8 Å². The summed E-state index contributed by atoms with van der Waals surface area (Å²) in [5.74, 6) is 0. The number of aryl methyl sites for hydroxylation is 1. The molecule has 0 unspecified atom stereocenters. The highest BCUT2D eigenvalue weighted by Gasteiger charge is 2.12. The van der Waals surface area contributed by atoms with Gasteiger partial charge in [-0.3, -0.25) is 0 Å². The van der Waals surface area contributed by atoms with Gasteiger partial charge in [-0.2, -0.15) is 0 Å². The quantitative estimate of drug-likeness (QED) is 0.361. The lowest BCUT2D eigenvalue weighted by Crippen LogP contribution is -1.96. The summed E-state index contributed by atoms with van der Waals surface area (Å²) in [5.41, 5.74) is 7.23. The Morgan fingerprint density at radius 3 is 2.25 bits per heavy atom. The first kappa shape index (κ1) is 16.6. The largest absolute Gasteiger partial charge is 0.355 e. The smallest absolute Gasteiger partial charge is 0.0561 e. The number of hydrogen-bond donors (Lipinski definition) is 1. The van der Waals surface area contributed by atoms with E-state index < -0.39 is 0 Å². The zero-order chi connectivity index (χ0) is 18.9. The molecule has 0 saturated heterocycles. The first-order valence-corrected chi connectivity index (χ1v) is 9.78. The zero-order valence-corrected chi connectivity index (χ0v) is 15.9. The molecule has 0 aliphatic heterocycles. The van der Waals surface area contributed by atoms with E-state index in [0.717, 1.165) is 12.1 Å². The highest BCUT2D eigenvalue weighted by atomic mass is 15.0. The Kier molecular flexibility index (Phi) is 4.10. The van der Waals surface area contributed by atoms with Crippen LogP contribution in [-0.2, 0) is 6.42 Å². The minimum absolute atomic E-state index is 1.01. The number of nitrogens with one attached hydrogen (secondary N) is 1. The number of anilines is 2. The van der Waals surface area contributed by atoms with E-state index in [1.165, 1.54) is 38.7 Å². The van der Waals surface area contributed by atoms with Crippen LogP contribution in [0.15, 0.2) is 97.1 Å². The Bertz CT molecular complexity index is 1270. The van der Waals surface area contributed by atoms with Crippen LogP contribution in [0.5, 0.6) is 0 Å². The molecule has 136 valence electrons. The molecule has 28 heavy (non-hydrogen) atoms. The summed E-state index contributed by atoms with van der Waals surface area (Å²) in [6, 6.07) is 34.4. The summed E-state index contributed by atoms with van der Waals surface area (Å²) in [4.78, 5) is 0. The van der Waals surface area contributed by atoms with Crippen LogP contribution in [0.1, 0.15) is 12.5 Å². The molecule has 5 rings (SSSR count). The lowest BCUT2D eigenvalue weighted by molar-refractivity contribution is 1.14. The molecule has 0 spiro atoms. The number of aromatic nitrogens is 1. The summed E-state index contributed by atoms with van der Waals surface area (Å²) in [5, 5.41) is 6.18. The van der Waals surface area contributed by atoms with E-state index in [0.29, 0.717) is 0 Å². The fourth-order valence-electron chi connectivity index (χ4n) is 4.01. The maximum atomic E-state index is 3.63. The van der Waals surface area contributed by atoms with Crippen molar-refractivity contribution in [3.8, 4) is 5.69 Å². The van der Waals surface area contributed by atoms with Crippen LogP contribution in [0.4, 0.5) is 11.4 Å². The third-order valence-corrected chi connectivity index (χ3v) is 5.37. The average molecular weight is 362 g/mol. The predicted octanol–water partition coefficient (Wildman–Crippen LogP) is 7.09. The molecule has 2 nitrogen and oxygen atoms in total. The van der Waals surface area contributed by atoms with Crippen molar-refractivity contribution in [3.63, 3.8) is 0 Å². The van der Waals surface area contributed by atoms with Gasteiger partial charge in [0.1, 0.15) is 0 Å². The molecular weight excluding hydrogens is 340 g/mol. The number of benzene rings is 4. The van der Waals surface area contributed by atoms with Gasteiger partial charge in [-0.15, -0.1) is 0 Å². The maximum Gasteiger partial charge on any atom is 0.0561 e. The molecule has 1 heterocycles. The first-order valence-electron chi connectivity index (χ1n) is 9.78. The third kappa shape index (κ3) is 2.74. The lowest BCUT2D eigenvalue weighted by Gasteiger charge is -2.12. The molecule has 0 bridgehead atoms. The van der Waals surface area contributed by atoms with Crippen LogP contribution in [0.3, 0.4) is 0 Å². The van der Waals surface area contributed by atoms with E-state index in [2.05, 4.69) is 114 Å². The number of para-hydroxylation sites is 3. The lowest BCUT2D eigenvalue weighted by atomic mass is 10.1. The van der Waals surface area contributed by atoms with Crippen molar-refractivity contribution in [2.45, 2.75) is 13.3 Å². The first-order chi connectivity index (χ1) is 13.8. The summed E-state index contributed by atoms with van der Waals surface area (Å²) in [6.07, 6.45) is 1.01. The van der Waals surface area contributed by atoms with E-state index >= 15 is 0 Å². The Labute approximate surface area is 165 Å². The Hall–Kier alpha value is -3.52. The van der Waals surface area contributed by atoms with Gasteiger partial charge >= 0.3 is 0 Å². The van der Waals surface area contributed by atoms with Gasteiger partial charge in [0.2, 0.25) is 0 Å². The number of fused-ring (bicyclic) bond motifs is 3. The van der Waals surface area contributed by atoms with Crippen molar-refractivity contribution in [2.75, 3.05) is 5.32 Å². The topological polar surface area (TPSA) is 17.0 Å². The van der Waals surface area contributed by atoms with Crippen molar-refractivity contribution in [1.82, 2.24) is 4.57 Å². The van der Waals surface area contributed by atoms with Gasteiger partial charge in [0.15, 0.2) is 0 Å². The Morgan fingerprint density at radius 2 is 1.39 bits per heavy atom. The van der Waals surface area contributed by atoms with E-state index in [9.17, 15) is 0 Å². The van der Waals surface area contributed by atoms with Crippen LogP contribution in [0.2, 0.25) is 0 Å². The van der Waals surface area contributed by atoms with Crippen LogP contribution in [0.25, 0.3) is 27.5 Å². The second-order valence-electron chi connectivity index (χ2n) is 7.06. The molecule has 2 heteroatoms. The summed E-state index contributed by atoms with van der Waals surface area (Å²) >= 11 is 0. The molecule has 0 amide bonds. The van der Waals surface area contributed by atoms with Crippen molar-refractivity contribution in [3.05, 3.63) is 103 Å². The fraction of sp³-hybridized carbons (Fsp3) is 0.0769. The van der Waals surface area contributed by atoms with Crippen molar-refractivity contribution >= 4 is 33.2 Å². The SMILES string of the molecule is CCc1ccccc1Nc1ccc2c3ccccc3n(-c3ccccc3)c2c1. The Morgan fingerprint density at radius 1 is 0.679 bits per heavy atom. The third-order valence-electron chi connectivity index (χ3n) is 5.37. The minimum atomic E-state index is 1.01. The fourth-order valence-corrected chi connectivity index (χ4v) is 4.01. The van der Waals surface area contributed by atoms with Gasteiger partial charge in [-0.1, -0.05) is 67.6 Å². The molecule has 4 aromatic carbocycles. The highest BCUT2D eigenvalue weighted by Crippen LogP contribution is 2.34. The van der Waals surface area contributed by atoms with Gasteiger partial charge < -0.3 is 9.88 Å². The number of hydrogen-bond acceptors (Lipinski definition) is 1. The van der Waals surface area contributed by atoms with Gasteiger partial charge in [0.05, 0.1) is 11.0 Å². The van der Waals surface area contributed by atoms with Crippen LogP contribution in [-0.4, -0.2) is 4.57 Å². The van der Waals surface area contributed by atoms with E-state index in [-0.39, 0.29) is 0 Å². The molecule has 5 aromatic rings. The molecule has 0 fully saturated rings. The standard InChI is InChI=1S/C26H22N2/c1-2-19-10-6-8-14-24(19)27-20-16-17-23-22-13-7-9-15-25(22)28(26(23)18-20)21-11-4-3-5-12-21/h3-18,27H,2H2,1H3. The molecule has 0 aliphatic carbocycles. The normalized spacial score (nSPS) is 11.2. The average Bonchev–Trinajstić information content (AvgIpc) is 3.08. The van der Waals surface area contributed by atoms with Gasteiger partial charge in [0.25, 0.3) is 0 Å². The summed E-state index contributed by atoms with van der Waals surface area (Å²) < 4.78 is 2.35. The molecular formula is C26H22N2. The second kappa shape index (κ2) is 6.90. The number of nitrogens with zero attached hydrogens (tertiary/aromatic N) is 1. The van der Waals surface area contributed by atoms with Crippen LogP contribution < -0.4 is 5.32 Å². The van der Waals surface area contributed by atoms with Crippen molar-refractivity contribution in [2.24, 2.45) is 0 Å². The monoisotopic (exact) mass is 362 g/mol. The summed E-state index contributed by atoms with van der Waals surface area (Å²) in [6.45, 7) is 2.19. The maximum absolute atomic E-state index is 3.63. The molecule has 0 saturated carbocycles. The summed E-state index contributed by atoms with van der Waals surface area (Å²) in [7, 11) is 0. The minimum Gasteiger partial charge on any atom is -0.355 e. The van der Waals surface area contributed by atoms with Crippen molar-refractivity contribution in [1.29, 1.82) is 0 Å². The van der Waals surface area contributed by atoms with E-state index in [1.54, 1.807) is 0 Å².